The molecule has 1 unspecified atom stereocenters. The van der Waals surface area contributed by atoms with Crippen molar-refractivity contribution >= 4 is 5.97 Å². The molecule has 0 bridgehead atoms. The molecule has 92 valence electrons. The van der Waals surface area contributed by atoms with Gasteiger partial charge in [0.15, 0.2) is 0 Å². The molecule has 1 fully saturated rings. The molecule has 1 aliphatic rings. The summed E-state index contributed by atoms with van der Waals surface area (Å²) in [7, 11) is 0. The second-order valence-electron chi connectivity index (χ2n) is 4.86. The van der Waals surface area contributed by atoms with Gasteiger partial charge in [-0.05, 0) is 31.2 Å². The first-order valence-electron chi connectivity index (χ1n) is 6.43. The van der Waals surface area contributed by atoms with Gasteiger partial charge in [0.2, 0.25) is 0 Å². The molecule has 17 heavy (non-hydrogen) atoms. The van der Waals surface area contributed by atoms with E-state index in [-0.39, 0.29) is 17.3 Å². The van der Waals surface area contributed by atoms with Gasteiger partial charge in [-0.1, -0.05) is 43.7 Å². The molecule has 0 aliphatic heterocycles. The summed E-state index contributed by atoms with van der Waals surface area (Å²) >= 11 is 0. The number of carbonyl (C=O) groups excluding carboxylic acids is 1. The lowest BCUT2D eigenvalue weighted by Gasteiger charge is -2.44. The smallest absolute Gasteiger partial charge is 0.312 e. The first-order valence-corrected chi connectivity index (χ1v) is 6.43. The minimum Gasteiger partial charge on any atom is -0.466 e. The van der Waals surface area contributed by atoms with E-state index in [0.29, 0.717) is 6.61 Å². The molecule has 1 aromatic rings. The summed E-state index contributed by atoms with van der Waals surface area (Å²) in [6, 6.07) is 10.3. The van der Waals surface area contributed by atoms with E-state index in [1.807, 2.05) is 25.1 Å². The first-order chi connectivity index (χ1) is 8.20. The highest BCUT2D eigenvalue weighted by Gasteiger charge is 2.49. The molecule has 0 amide bonds. The van der Waals surface area contributed by atoms with Gasteiger partial charge in [0.1, 0.15) is 0 Å². The number of benzene rings is 1. The van der Waals surface area contributed by atoms with Gasteiger partial charge < -0.3 is 4.74 Å². The van der Waals surface area contributed by atoms with Gasteiger partial charge in [0, 0.05) is 0 Å². The van der Waals surface area contributed by atoms with Gasteiger partial charge in [-0.2, -0.15) is 0 Å². The summed E-state index contributed by atoms with van der Waals surface area (Å²) < 4.78 is 5.25. The number of rotatable bonds is 4. The topological polar surface area (TPSA) is 26.3 Å². The Labute approximate surface area is 103 Å². The van der Waals surface area contributed by atoms with Crippen LogP contribution in [0.1, 0.15) is 44.6 Å². The normalized spacial score (nSPS) is 19.2. The number of ether oxygens (including phenoxy) is 1. The van der Waals surface area contributed by atoms with Crippen molar-refractivity contribution in [3.8, 4) is 0 Å². The molecule has 0 heterocycles. The molecule has 1 aliphatic carbocycles. The third-order valence-electron chi connectivity index (χ3n) is 4.06. The second kappa shape index (κ2) is 4.91. The Morgan fingerprint density at radius 3 is 2.47 bits per heavy atom. The van der Waals surface area contributed by atoms with Crippen LogP contribution >= 0.6 is 0 Å². The van der Waals surface area contributed by atoms with Crippen LogP contribution in [0, 0.1) is 5.41 Å². The van der Waals surface area contributed by atoms with Crippen molar-refractivity contribution in [3.63, 3.8) is 0 Å². The van der Waals surface area contributed by atoms with Crippen molar-refractivity contribution in [2.75, 3.05) is 6.61 Å². The molecular weight excluding hydrogens is 212 g/mol. The van der Waals surface area contributed by atoms with Crippen LogP contribution < -0.4 is 0 Å². The Balaban J connectivity index is 2.21. The van der Waals surface area contributed by atoms with E-state index in [4.69, 9.17) is 4.74 Å². The molecule has 1 saturated carbocycles. The standard InChI is InChI=1S/C15H20O2/c1-3-17-14(16)15(10-7-11-15)12(2)13-8-5-4-6-9-13/h4-6,8-9,12H,3,7,10-11H2,1-2H3. The minimum atomic E-state index is -0.267. The molecular formula is C15H20O2. The molecule has 0 aromatic heterocycles. The summed E-state index contributed by atoms with van der Waals surface area (Å²) in [6.07, 6.45) is 3.06. The third-order valence-corrected chi connectivity index (χ3v) is 4.06. The van der Waals surface area contributed by atoms with Crippen LogP contribution in [-0.2, 0) is 9.53 Å². The molecule has 0 radical (unpaired) electrons. The van der Waals surface area contributed by atoms with Gasteiger partial charge in [-0.3, -0.25) is 4.79 Å². The highest BCUT2D eigenvalue weighted by Crippen LogP contribution is 2.52. The van der Waals surface area contributed by atoms with Crippen molar-refractivity contribution < 1.29 is 9.53 Å². The summed E-state index contributed by atoms with van der Waals surface area (Å²) in [5.41, 5.74) is 0.970. The van der Waals surface area contributed by atoms with E-state index in [1.54, 1.807) is 0 Å². The van der Waals surface area contributed by atoms with E-state index >= 15 is 0 Å². The number of hydrogen-bond donors (Lipinski definition) is 0. The number of esters is 1. The Morgan fingerprint density at radius 1 is 1.35 bits per heavy atom. The number of hydrogen-bond acceptors (Lipinski definition) is 2. The molecule has 2 heteroatoms. The van der Waals surface area contributed by atoms with Gasteiger partial charge >= 0.3 is 5.97 Å². The Hall–Kier alpha value is -1.31. The molecule has 2 rings (SSSR count). The molecule has 0 N–H and O–H groups in total. The van der Waals surface area contributed by atoms with Crippen molar-refractivity contribution in [1.82, 2.24) is 0 Å². The molecule has 1 aromatic carbocycles. The van der Waals surface area contributed by atoms with E-state index in [1.165, 1.54) is 5.56 Å². The summed E-state index contributed by atoms with van der Waals surface area (Å²) in [4.78, 5) is 12.1. The average Bonchev–Trinajstić information content (AvgIpc) is 2.29. The lowest BCUT2D eigenvalue weighted by molar-refractivity contribution is -0.163. The van der Waals surface area contributed by atoms with Crippen molar-refractivity contribution in [2.24, 2.45) is 5.41 Å². The predicted octanol–water partition coefficient (Wildman–Crippen LogP) is 3.52. The van der Waals surface area contributed by atoms with Crippen molar-refractivity contribution in [1.29, 1.82) is 0 Å². The average molecular weight is 232 g/mol. The Kier molecular flexibility index (Phi) is 3.51. The zero-order chi connectivity index (χ0) is 12.3. The zero-order valence-corrected chi connectivity index (χ0v) is 10.6. The quantitative estimate of drug-likeness (QED) is 0.742. The van der Waals surface area contributed by atoms with E-state index in [0.717, 1.165) is 19.3 Å². The van der Waals surface area contributed by atoms with Crippen molar-refractivity contribution in [3.05, 3.63) is 35.9 Å². The molecule has 0 spiro atoms. The van der Waals surface area contributed by atoms with Crippen LogP contribution in [0.25, 0.3) is 0 Å². The maximum atomic E-state index is 12.1. The third kappa shape index (κ3) is 2.08. The molecule has 0 saturated heterocycles. The second-order valence-corrected chi connectivity index (χ2v) is 4.86. The SMILES string of the molecule is CCOC(=O)C1(C(C)c2ccccc2)CCC1. The van der Waals surface area contributed by atoms with Gasteiger partial charge in [0.05, 0.1) is 12.0 Å². The van der Waals surface area contributed by atoms with Crippen LogP contribution in [0.5, 0.6) is 0 Å². The Bertz CT molecular complexity index is 379. The zero-order valence-electron chi connectivity index (χ0n) is 10.6. The Morgan fingerprint density at radius 2 is 2.00 bits per heavy atom. The van der Waals surface area contributed by atoms with E-state index < -0.39 is 0 Å². The lowest BCUT2D eigenvalue weighted by Crippen LogP contribution is -2.43. The van der Waals surface area contributed by atoms with Crippen LogP contribution in [0.2, 0.25) is 0 Å². The monoisotopic (exact) mass is 232 g/mol. The first kappa shape index (κ1) is 12.2. The van der Waals surface area contributed by atoms with Crippen LogP contribution in [0.4, 0.5) is 0 Å². The molecule has 1 atom stereocenters. The summed E-state index contributed by atoms with van der Waals surface area (Å²) in [6.45, 7) is 4.49. The highest BCUT2D eigenvalue weighted by atomic mass is 16.5. The highest BCUT2D eigenvalue weighted by molar-refractivity contribution is 5.79. The minimum absolute atomic E-state index is 0.0115. The fourth-order valence-corrected chi connectivity index (χ4v) is 2.71. The fraction of sp³-hybridized carbons (Fsp3) is 0.533. The largest absolute Gasteiger partial charge is 0.466 e. The number of carbonyl (C=O) groups is 1. The van der Waals surface area contributed by atoms with Gasteiger partial charge in [-0.25, -0.2) is 0 Å². The van der Waals surface area contributed by atoms with Crippen LogP contribution in [0.15, 0.2) is 30.3 Å². The molecule has 2 nitrogen and oxygen atoms in total. The summed E-state index contributed by atoms with van der Waals surface area (Å²) in [5.74, 6) is 0.235. The maximum absolute atomic E-state index is 12.1. The van der Waals surface area contributed by atoms with E-state index in [9.17, 15) is 4.79 Å². The van der Waals surface area contributed by atoms with Gasteiger partial charge in [0.25, 0.3) is 0 Å². The van der Waals surface area contributed by atoms with Gasteiger partial charge in [-0.15, -0.1) is 0 Å². The van der Waals surface area contributed by atoms with Crippen LogP contribution in [-0.4, -0.2) is 12.6 Å². The predicted molar refractivity (Wildman–Crippen MR) is 67.8 cm³/mol. The van der Waals surface area contributed by atoms with E-state index in [2.05, 4.69) is 19.1 Å². The summed E-state index contributed by atoms with van der Waals surface area (Å²) in [5, 5.41) is 0. The van der Waals surface area contributed by atoms with Crippen LogP contribution in [0.3, 0.4) is 0 Å². The van der Waals surface area contributed by atoms with Crippen molar-refractivity contribution in [2.45, 2.75) is 39.0 Å². The fourth-order valence-electron chi connectivity index (χ4n) is 2.71. The lowest BCUT2D eigenvalue weighted by atomic mass is 9.60. The maximum Gasteiger partial charge on any atom is 0.312 e.